The van der Waals surface area contributed by atoms with E-state index < -0.39 is 0 Å². The zero-order valence-electron chi connectivity index (χ0n) is 15.1. The molecule has 2 N–H and O–H groups in total. The van der Waals surface area contributed by atoms with E-state index in [1.54, 1.807) is 4.90 Å². The summed E-state index contributed by atoms with van der Waals surface area (Å²) < 4.78 is 2.69. The average molecular weight is 401 g/mol. The molecule has 5 nitrogen and oxygen atoms in total. The topological polar surface area (TPSA) is 41.3 Å². The van der Waals surface area contributed by atoms with E-state index >= 15 is 0 Å². The van der Waals surface area contributed by atoms with Gasteiger partial charge in [0.2, 0.25) is 0 Å². The van der Waals surface area contributed by atoms with Gasteiger partial charge >= 0.3 is 0 Å². The summed E-state index contributed by atoms with van der Waals surface area (Å²) in [6.45, 7) is 5.42. The molecule has 0 spiro atoms. The molecule has 140 valence electrons. The highest BCUT2D eigenvalue weighted by Gasteiger charge is 2.21. The van der Waals surface area contributed by atoms with Crippen LogP contribution in [-0.4, -0.2) is 47.5 Å². The standard InChI is InChI=1S/C20H22ClN5S/c21-16-6-8-17(9-7-16)25-14-12-24(13-15-25)11-10-19-22-23-20(27)26(19)18-4-2-1-3-5-18/h1-9H,10-15H2,(H,23,27)/p+1. The van der Waals surface area contributed by atoms with Crippen LogP contribution in [0.1, 0.15) is 5.82 Å². The van der Waals surface area contributed by atoms with Gasteiger partial charge in [-0.05, 0) is 48.6 Å². The van der Waals surface area contributed by atoms with Gasteiger partial charge in [0.25, 0.3) is 0 Å². The number of benzene rings is 2. The lowest BCUT2D eigenvalue weighted by atomic mass is 10.2. The van der Waals surface area contributed by atoms with Crippen molar-refractivity contribution in [3.05, 3.63) is 70.2 Å². The van der Waals surface area contributed by atoms with Crippen LogP contribution in [0.3, 0.4) is 0 Å². The van der Waals surface area contributed by atoms with Crippen LogP contribution in [0.15, 0.2) is 54.6 Å². The summed E-state index contributed by atoms with van der Waals surface area (Å²) in [5, 5.41) is 8.19. The third kappa shape index (κ3) is 4.24. The normalized spacial score (nSPS) is 15.2. The van der Waals surface area contributed by atoms with E-state index in [4.69, 9.17) is 23.8 Å². The van der Waals surface area contributed by atoms with Gasteiger partial charge in [-0.15, -0.1) is 0 Å². The summed E-state index contributed by atoms with van der Waals surface area (Å²) in [5.41, 5.74) is 2.32. The number of aromatic nitrogens is 3. The van der Waals surface area contributed by atoms with E-state index in [1.165, 1.54) is 5.69 Å². The first kappa shape index (κ1) is 18.2. The zero-order valence-corrected chi connectivity index (χ0v) is 16.6. The Bertz CT molecular complexity index is 927. The lowest BCUT2D eigenvalue weighted by molar-refractivity contribution is -0.900. The fraction of sp³-hybridized carbons (Fsp3) is 0.300. The molecule has 7 heteroatoms. The van der Waals surface area contributed by atoms with Gasteiger partial charge in [0.05, 0.1) is 39.1 Å². The Balaban J connectivity index is 1.36. The van der Waals surface area contributed by atoms with E-state index in [2.05, 4.69) is 39.4 Å². The van der Waals surface area contributed by atoms with Crippen molar-refractivity contribution in [3.8, 4) is 5.69 Å². The third-order valence-corrected chi connectivity index (χ3v) is 5.65. The number of nitrogens with zero attached hydrogens (tertiary/aromatic N) is 3. The van der Waals surface area contributed by atoms with Crippen LogP contribution in [0.4, 0.5) is 5.69 Å². The number of aromatic amines is 1. The molecule has 4 rings (SSSR count). The monoisotopic (exact) mass is 400 g/mol. The first-order valence-electron chi connectivity index (χ1n) is 9.26. The maximum atomic E-state index is 5.99. The lowest BCUT2D eigenvalue weighted by Gasteiger charge is -2.33. The second-order valence-corrected chi connectivity index (χ2v) is 7.65. The highest BCUT2D eigenvalue weighted by molar-refractivity contribution is 7.71. The highest BCUT2D eigenvalue weighted by Crippen LogP contribution is 2.17. The molecule has 0 unspecified atom stereocenters. The molecule has 1 saturated heterocycles. The number of quaternary nitrogens is 1. The fourth-order valence-corrected chi connectivity index (χ4v) is 3.99. The lowest BCUT2D eigenvalue weighted by Crippen LogP contribution is -3.15. The van der Waals surface area contributed by atoms with Crippen LogP contribution in [0.25, 0.3) is 5.69 Å². The van der Waals surface area contributed by atoms with E-state index in [1.807, 2.05) is 34.9 Å². The van der Waals surface area contributed by atoms with Gasteiger partial charge < -0.3 is 9.80 Å². The molecule has 1 aliphatic heterocycles. The number of para-hydroxylation sites is 1. The third-order valence-electron chi connectivity index (χ3n) is 5.12. The van der Waals surface area contributed by atoms with Gasteiger partial charge in [0.1, 0.15) is 5.82 Å². The maximum absolute atomic E-state index is 5.99. The first-order valence-corrected chi connectivity index (χ1v) is 10.0. The van der Waals surface area contributed by atoms with Crippen molar-refractivity contribution in [2.45, 2.75) is 6.42 Å². The molecule has 0 aliphatic carbocycles. The number of rotatable bonds is 5. The number of anilines is 1. The first-order chi connectivity index (χ1) is 13.2. The number of H-pyrrole nitrogens is 1. The number of hydrogen-bond acceptors (Lipinski definition) is 3. The smallest absolute Gasteiger partial charge is 0.199 e. The second kappa shape index (κ2) is 8.25. The molecule has 0 amide bonds. The Morgan fingerprint density at radius 2 is 1.70 bits per heavy atom. The molecule has 1 aliphatic rings. The highest BCUT2D eigenvalue weighted by atomic mass is 35.5. The quantitative estimate of drug-likeness (QED) is 0.647. The molecule has 1 aromatic heterocycles. The average Bonchev–Trinajstić information content (AvgIpc) is 3.08. The molecule has 0 radical (unpaired) electrons. The minimum Gasteiger partial charge on any atom is -0.360 e. The van der Waals surface area contributed by atoms with E-state index in [0.29, 0.717) is 4.77 Å². The van der Waals surface area contributed by atoms with Crippen LogP contribution < -0.4 is 9.80 Å². The predicted molar refractivity (Wildman–Crippen MR) is 112 cm³/mol. The van der Waals surface area contributed by atoms with Crippen molar-refractivity contribution in [1.29, 1.82) is 0 Å². The van der Waals surface area contributed by atoms with Gasteiger partial charge in [0, 0.05) is 16.4 Å². The van der Waals surface area contributed by atoms with Gasteiger partial charge in [-0.2, -0.15) is 5.10 Å². The fourth-order valence-electron chi connectivity index (χ4n) is 3.61. The molecule has 0 atom stereocenters. The molecule has 0 bridgehead atoms. The minimum absolute atomic E-state index is 0.652. The Morgan fingerprint density at radius 3 is 2.41 bits per heavy atom. The largest absolute Gasteiger partial charge is 0.360 e. The van der Waals surface area contributed by atoms with Crippen molar-refractivity contribution in [1.82, 2.24) is 14.8 Å². The maximum Gasteiger partial charge on any atom is 0.199 e. The summed E-state index contributed by atoms with van der Waals surface area (Å²) in [6, 6.07) is 18.3. The molecular weight excluding hydrogens is 378 g/mol. The van der Waals surface area contributed by atoms with Crippen LogP contribution in [-0.2, 0) is 6.42 Å². The molecule has 0 saturated carbocycles. The molecule has 2 aromatic carbocycles. The molecule has 1 fully saturated rings. The van der Waals surface area contributed by atoms with Crippen LogP contribution in [0.2, 0.25) is 5.02 Å². The molecular formula is C20H23ClN5S+. The number of hydrogen-bond donors (Lipinski definition) is 2. The van der Waals surface area contributed by atoms with E-state index in [9.17, 15) is 0 Å². The van der Waals surface area contributed by atoms with Crippen LogP contribution in [0.5, 0.6) is 0 Å². The van der Waals surface area contributed by atoms with Crippen molar-refractivity contribution >= 4 is 29.5 Å². The molecule has 2 heterocycles. The Labute approximate surface area is 169 Å². The van der Waals surface area contributed by atoms with Crippen molar-refractivity contribution in [2.75, 3.05) is 37.6 Å². The van der Waals surface area contributed by atoms with Crippen LogP contribution in [0, 0.1) is 4.77 Å². The van der Waals surface area contributed by atoms with Gasteiger partial charge in [-0.3, -0.25) is 9.67 Å². The summed E-state index contributed by atoms with van der Waals surface area (Å²) in [6.07, 6.45) is 0.901. The summed E-state index contributed by atoms with van der Waals surface area (Å²) in [4.78, 5) is 4.04. The number of halogens is 1. The zero-order chi connectivity index (χ0) is 18.6. The van der Waals surface area contributed by atoms with Gasteiger partial charge in [-0.1, -0.05) is 29.8 Å². The summed E-state index contributed by atoms with van der Waals surface area (Å²) >= 11 is 11.4. The predicted octanol–water partition coefficient (Wildman–Crippen LogP) is 2.53. The second-order valence-electron chi connectivity index (χ2n) is 6.83. The van der Waals surface area contributed by atoms with E-state index in [-0.39, 0.29) is 0 Å². The van der Waals surface area contributed by atoms with Crippen molar-refractivity contribution in [3.63, 3.8) is 0 Å². The van der Waals surface area contributed by atoms with E-state index in [0.717, 1.165) is 55.7 Å². The van der Waals surface area contributed by atoms with Crippen molar-refractivity contribution < 1.29 is 4.90 Å². The Kier molecular flexibility index (Phi) is 5.57. The van der Waals surface area contributed by atoms with Gasteiger partial charge in [0.15, 0.2) is 4.77 Å². The Hall–Kier alpha value is -2.15. The number of piperazine rings is 1. The van der Waals surface area contributed by atoms with Crippen LogP contribution >= 0.6 is 23.8 Å². The summed E-state index contributed by atoms with van der Waals surface area (Å²) in [5.74, 6) is 0.999. The SMILES string of the molecule is S=c1[nH]nc(CC[NH+]2CCN(c3ccc(Cl)cc3)CC2)n1-c1ccccc1. The minimum atomic E-state index is 0.652. The van der Waals surface area contributed by atoms with Crippen molar-refractivity contribution in [2.24, 2.45) is 0 Å². The summed E-state index contributed by atoms with van der Waals surface area (Å²) in [7, 11) is 0. The molecule has 27 heavy (non-hydrogen) atoms. The number of nitrogens with one attached hydrogen (secondary N) is 2. The van der Waals surface area contributed by atoms with Gasteiger partial charge in [-0.25, -0.2) is 0 Å². The Morgan fingerprint density at radius 1 is 1.00 bits per heavy atom. The molecule has 3 aromatic rings.